The Morgan fingerprint density at radius 2 is 2.00 bits per heavy atom. The molecular weight excluding hydrogens is 259 g/mol. The first-order chi connectivity index (χ1) is 8.50. The van der Waals surface area contributed by atoms with Crippen molar-refractivity contribution in [3.05, 3.63) is 24.0 Å². The van der Waals surface area contributed by atoms with E-state index < -0.39 is 20.7 Å². The van der Waals surface area contributed by atoms with Crippen molar-refractivity contribution < 1.29 is 17.5 Å². The quantitative estimate of drug-likeness (QED) is 0.801. The lowest BCUT2D eigenvalue weighted by Gasteiger charge is -2.23. The third kappa shape index (κ3) is 2.80. The molecule has 1 saturated heterocycles. The first-order valence-electron chi connectivity index (χ1n) is 5.65. The monoisotopic (exact) mass is 274 g/mol. The van der Waals surface area contributed by atoms with Gasteiger partial charge in [0.15, 0.2) is 0 Å². The Morgan fingerprint density at radius 3 is 2.61 bits per heavy atom. The number of nitrogens with one attached hydrogen (secondary N) is 1. The van der Waals surface area contributed by atoms with Crippen LogP contribution in [0.2, 0.25) is 0 Å². The van der Waals surface area contributed by atoms with Gasteiger partial charge < -0.3 is 10.5 Å². The van der Waals surface area contributed by atoms with Crippen molar-refractivity contribution in [2.45, 2.75) is 23.8 Å². The molecule has 18 heavy (non-hydrogen) atoms. The minimum Gasteiger partial charge on any atom is -0.398 e. The summed E-state index contributed by atoms with van der Waals surface area (Å²) in [7, 11) is -3.93. The molecule has 1 aliphatic rings. The highest BCUT2D eigenvalue weighted by Gasteiger charge is 2.26. The number of nitrogen functional groups attached to an aromatic ring is 1. The van der Waals surface area contributed by atoms with Crippen LogP contribution in [0.3, 0.4) is 0 Å². The summed E-state index contributed by atoms with van der Waals surface area (Å²) in [6.07, 6.45) is 1.15. The fourth-order valence-corrected chi connectivity index (χ4v) is 3.40. The van der Waals surface area contributed by atoms with E-state index in [1.54, 1.807) is 0 Å². The van der Waals surface area contributed by atoms with Crippen LogP contribution in [0, 0.1) is 5.82 Å². The van der Waals surface area contributed by atoms with Gasteiger partial charge >= 0.3 is 0 Å². The SMILES string of the molecule is Nc1cccc(F)c1S(=O)(=O)NC1CCOCC1. The van der Waals surface area contributed by atoms with Crippen LogP contribution in [0.25, 0.3) is 0 Å². The summed E-state index contributed by atoms with van der Waals surface area (Å²) in [5.74, 6) is -0.838. The number of rotatable bonds is 3. The zero-order valence-electron chi connectivity index (χ0n) is 9.73. The Labute approximate surface area is 105 Å². The maximum atomic E-state index is 13.6. The van der Waals surface area contributed by atoms with E-state index >= 15 is 0 Å². The highest BCUT2D eigenvalue weighted by Crippen LogP contribution is 2.22. The van der Waals surface area contributed by atoms with Crippen LogP contribution in [-0.4, -0.2) is 27.7 Å². The van der Waals surface area contributed by atoms with Gasteiger partial charge in [-0.2, -0.15) is 0 Å². The van der Waals surface area contributed by atoms with Crippen molar-refractivity contribution in [2.75, 3.05) is 18.9 Å². The highest BCUT2D eigenvalue weighted by atomic mass is 32.2. The molecule has 7 heteroatoms. The molecule has 0 bridgehead atoms. The van der Waals surface area contributed by atoms with Gasteiger partial charge in [-0.15, -0.1) is 0 Å². The Bertz CT molecular complexity index is 507. The average Bonchev–Trinajstić information content (AvgIpc) is 2.28. The minimum atomic E-state index is -3.93. The number of hydrogen-bond donors (Lipinski definition) is 2. The van der Waals surface area contributed by atoms with Gasteiger partial charge in [0.1, 0.15) is 10.7 Å². The van der Waals surface area contributed by atoms with E-state index in [4.69, 9.17) is 10.5 Å². The molecule has 1 aromatic carbocycles. The molecule has 0 radical (unpaired) electrons. The molecule has 0 atom stereocenters. The molecule has 1 aliphatic heterocycles. The predicted molar refractivity (Wildman–Crippen MR) is 65.0 cm³/mol. The van der Waals surface area contributed by atoms with Crippen LogP contribution < -0.4 is 10.5 Å². The van der Waals surface area contributed by atoms with E-state index in [-0.39, 0.29) is 11.7 Å². The molecule has 0 unspecified atom stereocenters. The van der Waals surface area contributed by atoms with Gasteiger partial charge in [-0.3, -0.25) is 0 Å². The molecule has 1 fully saturated rings. The van der Waals surface area contributed by atoms with E-state index in [1.807, 2.05) is 0 Å². The van der Waals surface area contributed by atoms with Crippen molar-refractivity contribution in [1.29, 1.82) is 0 Å². The fraction of sp³-hybridized carbons (Fsp3) is 0.455. The number of sulfonamides is 1. The second kappa shape index (κ2) is 5.21. The van der Waals surface area contributed by atoms with Crippen molar-refractivity contribution in [3.8, 4) is 0 Å². The van der Waals surface area contributed by atoms with Crippen LogP contribution >= 0.6 is 0 Å². The molecule has 0 aliphatic carbocycles. The summed E-state index contributed by atoms with van der Waals surface area (Å²) >= 11 is 0. The number of hydrogen-bond acceptors (Lipinski definition) is 4. The Hall–Kier alpha value is -1.18. The smallest absolute Gasteiger partial charge is 0.245 e. The predicted octanol–water partition coefficient (Wildman–Crippen LogP) is 0.865. The zero-order valence-corrected chi connectivity index (χ0v) is 10.5. The molecule has 5 nitrogen and oxygen atoms in total. The van der Waals surface area contributed by atoms with Gasteiger partial charge in [-0.25, -0.2) is 17.5 Å². The molecule has 3 N–H and O–H groups in total. The van der Waals surface area contributed by atoms with Crippen LogP contribution in [0.15, 0.2) is 23.1 Å². The molecule has 2 rings (SSSR count). The molecular formula is C11H15FN2O3S. The van der Waals surface area contributed by atoms with Crippen molar-refractivity contribution >= 4 is 15.7 Å². The normalized spacial score (nSPS) is 17.8. The molecule has 0 aromatic heterocycles. The van der Waals surface area contributed by atoms with E-state index in [9.17, 15) is 12.8 Å². The average molecular weight is 274 g/mol. The number of ether oxygens (including phenoxy) is 1. The van der Waals surface area contributed by atoms with Gasteiger partial charge in [-0.1, -0.05) is 6.07 Å². The second-order valence-electron chi connectivity index (χ2n) is 4.17. The number of benzene rings is 1. The molecule has 1 aromatic rings. The van der Waals surface area contributed by atoms with Crippen LogP contribution in [-0.2, 0) is 14.8 Å². The van der Waals surface area contributed by atoms with Crippen molar-refractivity contribution in [1.82, 2.24) is 4.72 Å². The van der Waals surface area contributed by atoms with Gasteiger partial charge in [0.05, 0.1) is 5.69 Å². The van der Waals surface area contributed by atoms with Crippen LogP contribution in [0.1, 0.15) is 12.8 Å². The van der Waals surface area contributed by atoms with Gasteiger partial charge in [0.2, 0.25) is 10.0 Å². The van der Waals surface area contributed by atoms with E-state index in [1.165, 1.54) is 12.1 Å². The zero-order chi connectivity index (χ0) is 13.2. The Morgan fingerprint density at radius 1 is 1.33 bits per heavy atom. The van der Waals surface area contributed by atoms with Crippen molar-refractivity contribution in [2.24, 2.45) is 0 Å². The van der Waals surface area contributed by atoms with Gasteiger partial charge in [-0.05, 0) is 25.0 Å². The summed E-state index contributed by atoms with van der Waals surface area (Å²) in [6.45, 7) is 1.000. The lowest BCUT2D eigenvalue weighted by Crippen LogP contribution is -2.39. The largest absolute Gasteiger partial charge is 0.398 e. The van der Waals surface area contributed by atoms with E-state index in [2.05, 4.69) is 4.72 Å². The maximum Gasteiger partial charge on any atom is 0.245 e. The lowest BCUT2D eigenvalue weighted by molar-refractivity contribution is 0.0832. The summed E-state index contributed by atoms with van der Waals surface area (Å²) in [6, 6.07) is 3.58. The molecule has 0 saturated carbocycles. The summed E-state index contributed by atoms with van der Waals surface area (Å²) in [5, 5.41) is 0. The summed E-state index contributed by atoms with van der Waals surface area (Å²) in [5.41, 5.74) is 5.44. The first-order valence-corrected chi connectivity index (χ1v) is 7.13. The Kier molecular flexibility index (Phi) is 3.84. The van der Waals surface area contributed by atoms with Crippen molar-refractivity contribution in [3.63, 3.8) is 0 Å². The molecule has 0 amide bonds. The number of anilines is 1. The lowest BCUT2D eigenvalue weighted by atomic mass is 10.1. The first kappa shape index (κ1) is 13.3. The topological polar surface area (TPSA) is 81.4 Å². The van der Waals surface area contributed by atoms with E-state index in [0.717, 1.165) is 6.07 Å². The third-order valence-corrected chi connectivity index (χ3v) is 4.42. The molecule has 1 heterocycles. The molecule has 100 valence electrons. The summed E-state index contributed by atoms with van der Waals surface area (Å²) < 4.78 is 45.3. The Balaban J connectivity index is 2.25. The minimum absolute atomic E-state index is 0.0884. The van der Waals surface area contributed by atoms with Gasteiger partial charge in [0, 0.05) is 19.3 Å². The number of halogens is 1. The molecule has 0 spiro atoms. The number of nitrogens with two attached hydrogens (primary N) is 1. The summed E-state index contributed by atoms with van der Waals surface area (Å²) in [4.78, 5) is -0.475. The van der Waals surface area contributed by atoms with Crippen LogP contribution in [0.5, 0.6) is 0 Å². The van der Waals surface area contributed by atoms with E-state index in [0.29, 0.717) is 26.1 Å². The van der Waals surface area contributed by atoms with Crippen LogP contribution in [0.4, 0.5) is 10.1 Å². The fourth-order valence-electron chi connectivity index (χ4n) is 1.90. The van der Waals surface area contributed by atoms with Gasteiger partial charge in [0.25, 0.3) is 0 Å². The third-order valence-electron chi connectivity index (χ3n) is 2.81. The standard InChI is InChI=1S/C11H15FN2O3S/c12-9-2-1-3-10(13)11(9)18(15,16)14-8-4-6-17-7-5-8/h1-3,8,14H,4-7,13H2. The highest BCUT2D eigenvalue weighted by molar-refractivity contribution is 7.89. The maximum absolute atomic E-state index is 13.6. The second-order valence-corrected chi connectivity index (χ2v) is 5.82.